The van der Waals surface area contributed by atoms with Gasteiger partial charge in [-0.05, 0) is 44.5 Å². The molecule has 10 heteroatoms. The van der Waals surface area contributed by atoms with Crippen molar-refractivity contribution in [3.05, 3.63) is 65.6 Å². The number of aryl methyl sites for hydroxylation is 1. The number of nitrogens with one attached hydrogen (secondary N) is 1. The molecule has 7 nitrogen and oxygen atoms in total. The van der Waals surface area contributed by atoms with E-state index in [0.29, 0.717) is 24.5 Å². The molecule has 0 bridgehead atoms. The minimum absolute atomic E-state index is 0.0560. The molecule has 3 heterocycles. The number of anilines is 2. The van der Waals surface area contributed by atoms with E-state index in [1.165, 1.54) is 12.3 Å². The Morgan fingerprint density at radius 1 is 1.09 bits per heavy atom. The van der Waals surface area contributed by atoms with Crippen LogP contribution in [0.3, 0.4) is 0 Å². The van der Waals surface area contributed by atoms with Crippen LogP contribution in [0.2, 0.25) is 0 Å². The zero-order valence-electron chi connectivity index (χ0n) is 18.4. The van der Waals surface area contributed by atoms with Crippen molar-refractivity contribution in [2.45, 2.75) is 39.2 Å². The second-order valence-electron chi connectivity index (χ2n) is 8.12. The summed E-state index contributed by atoms with van der Waals surface area (Å²) >= 11 is 0. The Labute approximate surface area is 189 Å². The van der Waals surface area contributed by atoms with E-state index in [1.54, 1.807) is 37.3 Å². The summed E-state index contributed by atoms with van der Waals surface area (Å²) in [5.41, 5.74) is -0.552. The molecule has 3 aromatic rings. The molecule has 0 saturated carbocycles. The average Bonchev–Trinajstić information content (AvgIpc) is 3.20. The van der Waals surface area contributed by atoms with E-state index in [0.717, 1.165) is 10.9 Å². The molecular weight excluding hydrogens is 435 g/mol. The van der Waals surface area contributed by atoms with E-state index in [4.69, 9.17) is 4.74 Å². The molecule has 2 unspecified atom stereocenters. The van der Waals surface area contributed by atoms with Crippen molar-refractivity contribution in [3.63, 3.8) is 0 Å². The van der Waals surface area contributed by atoms with E-state index >= 15 is 0 Å². The Hall–Kier alpha value is -3.40. The number of aromatic nitrogens is 3. The van der Waals surface area contributed by atoms with Gasteiger partial charge in [0.1, 0.15) is 5.82 Å². The second kappa shape index (κ2) is 8.86. The third kappa shape index (κ3) is 4.85. The molecule has 2 aromatic heterocycles. The van der Waals surface area contributed by atoms with Crippen molar-refractivity contribution in [1.29, 1.82) is 0 Å². The summed E-state index contributed by atoms with van der Waals surface area (Å²) in [6, 6.07) is 9.88. The standard InChI is InChI=1S/C23H24F3N5O2/c1-14-6-4-5-7-19(14)31-21(23(24,25)26)18(11-28-31)22(32)29-17-8-9-20(27-10-17)30-12-15(2)33-16(3)13-30/h4-11,15-16H,12-13H2,1-3H3,(H,29,32). The van der Waals surface area contributed by atoms with Crippen LogP contribution in [0.25, 0.3) is 5.69 Å². The lowest BCUT2D eigenvalue weighted by Gasteiger charge is -2.36. The molecule has 0 radical (unpaired) electrons. The smallest absolute Gasteiger partial charge is 0.372 e. The number of morpholine rings is 1. The van der Waals surface area contributed by atoms with Crippen LogP contribution in [0.1, 0.15) is 35.5 Å². The highest BCUT2D eigenvalue weighted by atomic mass is 19.4. The molecule has 1 amide bonds. The lowest BCUT2D eigenvalue weighted by molar-refractivity contribution is -0.143. The van der Waals surface area contributed by atoms with Gasteiger partial charge < -0.3 is 15.0 Å². The summed E-state index contributed by atoms with van der Waals surface area (Å²) in [5, 5.41) is 6.37. The predicted octanol–water partition coefficient (Wildman–Crippen LogP) is 4.46. The first-order valence-corrected chi connectivity index (χ1v) is 10.5. The summed E-state index contributed by atoms with van der Waals surface area (Å²) in [6.07, 6.45) is -2.31. The van der Waals surface area contributed by atoms with Gasteiger partial charge >= 0.3 is 6.18 Å². The summed E-state index contributed by atoms with van der Waals surface area (Å²) in [7, 11) is 0. The number of amides is 1. The van der Waals surface area contributed by atoms with Crippen molar-refractivity contribution in [3.8, 4) is 5.69 Å². The quantitative estimate of drug-likeness (QED) is 0.624. The summed E-state index contributed by atoms with van der Waals surface area (Å²) in [5.74, 6) is -0.205. The number of halogens is 3. The van der Waals surface area contributed by atoms with Crippen molar-refractivity contribution in [2.75, 3.05) is 23.3 Å². The fraction of sp³-hybridized carbons (Fsp3) is 0.348. The summed E-state index contributed by atoms with van der Waals surface area (Å²) in [6.45, 7) is 6.99. The number of hydrogen-bond donors (Lipinski definition) is 1. The minimum atomic E-state index is -4.78. The van der Waals surface area contributed by atoms with Crippen LogP contribution in [0, 0.1) is 6.92 Å². The van der Waals surface area contributed by atoms with E-state index in [1.807, 2.05) is 13.8 Å². The number of carbonyl (C=O) groups excluding carboxylic acids is 1. The number of hydrogen-bond acceptors (Lipinski definition) is 5. The van der Waals surface area contributed by atoms with Crippen LogP contribution in [-0.2, 0) is 10.9 Å². The number of alkyl halides is 3. The first-order chi connectivity index (χ1) is 15.6. The number of rotatable bonds is 4. The monoisotopic (exact) mass is 459 g/mol. The average molecular weight is 459 g/mol. The van der Waals surface area contributed by atoms with E-state index in [9.17, 15) is 18.0 Å². The van der Waals surface area contributed by atoms with Gasteiger partial charge in [0, 0.05) is 13.1 Å². The van der Waals surface area contributed by atoms with Gasteiger partial charge in [-0.1, -0.05) is 18.2 Å². The summed E-state index contributed by atoms with van der Waals surface area (Å²) in [4.78, 5) is 19.2. The molecular formula is C23H24F3N5O2. The maximum atomic E-state index is 13.9. The van der Waals surface area contributed by atoms with Gasteiger partial charge in [0.2, 0.25) is 0 Å². The molecule has 0 spiro atoms. The zero-order chi connectivity index (χ0) is 23.8. The van der Waals surface area contributed by atoms with Gasteiger partial charge in [-0.3, -0.25) is 4.79 Å². The van der Waals surface area contributed by atoms with Gasteiger partial charge in [0.25, 0.3) is 5.91 Å². The fourth-order valence-corrected chi connectivity index (χ4v) is 3.98. The minimum Gasteiger partial charge on any atom is -0.372 e. The van der Waals surface area contributed by atoms with Crippen molar-refractivity contribution < 1.29 is 22.7 Å². The van der Waals surface area contributed by atoms with Crippen molar-refractivity contribution in [2.24, 2.45) is 0 Å². The van der Waals surface area contributed by atoms with E-state index in [2.05, 4.69) is 20.3 Å². The van der Waals surface area contributed by atoms with Crippen molar-refractivity contribution in [1.82, 2.24) is 14.8 Å². The lowest BCUT2D eigenvalue weighted by Crippen LogP contribution is -2.45. The van der Waals surface area contributed by atoms with Crippen LogP contribution < -0.4 is 10.2 Å². The molecule has 1 fully saturated rings. The van der Waals surface area contributed by atoms with Gasteiger partial charge in [-0.2, -0.15) is 18.3 Å². The Morgan fingerprint density at radius 2 is 1.79 bits per heavy atom. The SMILES string of the molecule is Cc1ccccc1-n1ncc(C(=O)Nc2ccc(N3CC(C)OC(C)C3)nc2)c1C(F)(F)F. The number of para-hydroxylation sites is 1. The maximum absolute atomic E-state index is 13.9. The zero-order valence-corrected chi connectivity index (χ0v) is 18.4. The van der Waals surface area contributed by atoms with Crippen LogP contribution in [0.5, 0.6) is 0 Å². The topological polar surface area (TPSA) is 72.3 Å². The highest BCUT2D eigenvalue weighted by Gasteiger charge is 2.40. The number of carbonyl (C=O) groups is 1. The van der Waals surface area contributed by atoms with Crippen LogP contribution in [-0.4, -0.2) is 46.0 Å². The number of benzene rings is 1. The molecule has 1 aliphatic rings. The van der Waals surface area contributed by atoms with Crippen molar-refractivity contribution >= 4 is 17.4 Å². The first-order valence-electron chi connectivity index (χ1n) is 10.5. The number of ether oxygens (including phenoxy) is 1. The molecule has 1 aliphatic heterocycles. The molecule has 0 aliphatic carbocycles. The van der Waals surface area contributed by atoms with E-state index < -0.39 is 23.3 Å². The highest BCUT2D eigenvalue weighted by Crippen LogP contribution is 2.34. The van der Waals surface area contributed by atoms with Gasteiger partial charge in [0.05, 0.1) is 41.5 Å². The molecule has 174 valence electrons. The number of pyridine rings is 1. The molecule has 1 N–H and O–H groups in total. The third-order valence-corrected chi connectivity index (χ3v) is 5.38. The second-order valence-corrected chi connectivity index (χ2v) is 8.12. The van der Waals surface area contributed by atoms with Gasteiger partial charge in [-0.15, -0.1) is 0 Å². The first kappa shape index (κ1) is 22.8. The molecule has 33 heavy (non-hydrogen) atoms. The maximum Gasteiger partial charge on any atom is 0.434 e. The molecule has 4 rings (SSSR count). The van der Waals surface area contributed by atoms with Crippen LogP contribution in [0.4, 0.5) is 24.7 Å². The van der Waals surface area contributed by atoms with E-state index in [-0.39, 0.29) is 23.6 Å². The Balaban J connectivity index is 1.57. The third-order valence-electron chi connectivity index (χ3n) is 5.38. The normalized spacial score (nSPS) is 18.9. The number of nitrogens with zero attached hydrogens (tertiary/aromatic N) is 4. The van der Waals surface area contributed by atoms with Crippen LogP contribution in [0.15, 0.2) is 48.8 Å². The lowest BCUT2D eigenvalue weighted by atomic mass is 10.1. The Kier molecular flexibility index (Phi) is 6.11. The van der Waals surface area contributed by atoms with Gasteiger partial charge in [-0.25, -0.2) is 9.67 Å². The predicted molar refractivity (Wildman–Crippen MR) is 118 cm³/mol. The fourth-order valence-electron chi connectivity index (χ4n) is 3.98. The highest BCUT2D eigenvalue weighted by molar-refractivity contribution is 6.05. The Bertz CT molecular complexity index is 1130. The molecule has 1 saturated heterocycles. The largest absolute Gasteiger partial charge is 0.434 e. The molecule has 2 atom stereocenters. The van der Waals surface area contributed by atoms with Crippen LogP contribution >= 0.6 is 0 Å². The summed E-state index contributed by atoms with van der Waals surface area (Å²) < 4.78 is 48.2. The Morgan fingerprint density at radius 3 is 2.39 bits per heavy atom. The van der Waals surface area contributed by atoms with Gasteiger partial charge in [0.15, 0.2) is 5.69 Å². The molecule has 1 aromatic carbocycles.